The first-order chi connectivity index (χ1) is 8.93. The van der Waals surface area contributed by atoms with Crippen LogP contribution in [0.15, 0.2) is 36.4 Å². The fraction of sp³-hybridized carbons (Fsp3) is 0.200. The van der Waals surface area contributed by atoms with Crippen LogP contribution in [0.1, 0.15) is 11.1 Å². The Morgan fingerprint density at radius 1 is 0.895 bits per heavy atom. The molecule has 1 nitrogen and oxygen atoms in total. The molecule has 0 aliphatic carbocycles. The van der Waals surface area contributed by atoms with Gasteiger partial charge in [-0.1, -0.05) is 35.3 Å². The van der Waals surface area contributed by atoms with Gasteiger partial charge in [-0.25, -0.2) is 4.39 Å². The van der Waals surface area contributed by atoms with E-state index in [0.29, 0.717) is 5.02 Å². The Morgan fingerprint density at radius 3 is 1.95 bits per heavy atom. The molecule has 0 bridgehead atoms. The summed E-state index contributed by atoms with van der Waals surface area (Å²) in [6.07, 6.45) is 0. The zero-order chi connectivity index (χ0) is 14.4. The summed E-state index contributed by atoms with van der Waals surface area (Å²) in [4.78, 5) is 0. The highest BCUT2D eigenvalue weighted by Crippen LogP contribution is 2.24. The summed E-state index contributed by atoms with van der Waals surface area (Å²) < 4.78 is 17.4. The van der Waals surface area contributed by atoms with Crippen molar-refractivity contribution >= 4 is 23.2 Å². The third-order valence-corrected chi connectivity index (χ3v) is 2.98. The minimum Gasteiger partial charge on any atom is -0.495 e. The van der Waals surface area contributed by atoms with E-state index in [1.165, 1.54) is 6.07 Å². The lowest BCUT2D eigenvalue weighted by Gasteiger charge is -2.01. The number of rotatable bonds is 1. The molecule has 0 spiro atoms. The van der Waals surface area contributed by atoms with Crippen LogP contribution >= 0.6 is 23.2 Å². The molecule has 0 atom stereocenters. The molecule has 0 saturated heterocycles. The quantitative estimate of drug-likeness (QED) is 0.681. The van der Waals surface area contributed by atoms with Gasteiger partial charge in [-0.05, 0) is 49.2 Å². The van der Waals surface area contributed by atoms with Gasteiger partial charge in [0.05, 0.1) is 17.2 Å². The van der Waals surface area contributed by atoms with Crippen molar-refractivity contribution in [3.05, 3.63) is 63.4 Å². The highest BCUT2D eigenvalue weighted by Gasteiger charge is 1.97. The Kier molecular flexibility index (Phi) is 6.13. The van der Waals surface area contributed by atoms with Gasteiger partial charge in [0.1, 0.15) is 11.6 Å². The van der Waals surface area contributed by atoms with Gasteiger partial charge in [-0.15, -0.1) is 0 Å². The lowest BCUT2D eigenvalue weighted by molar-refractivity contribution is 0.414. The van der Waals surface area contributed by atoms with Gasteiger partial charge in [0.15, 0.2) is 0 Å². The lowest BCUT2D eigenvalue weighted by atomic mass is 10.2. The van der Waals surface area contributed by atoms with Crippen LogP contribution in [0.2, 0.25) is 10.0 Å². The molecule has 0 N–H and O–H groups in total. The zero-order valence-electron chi connectivity index (χ0n) is 11.0. The SMILES string of the molecule is COc1cc(C)ccc1Cl.Cc1ccc(F)c(Cl)c1. The van der Waals surface area contributed by atoms with E-state index < -0.39 is 0 Å². The number of ether oxygens (including phenoxy) is 1. The van der Waals surface area contributed by atoms with E-state index in [4.69, 9.17) is 27.9 Å². The predicted octanol–water partition coefficient (Wildman–Crippen LogP) is 5.44. The molecule has 0 fully saturated rings. The molecule has 102 valence electrons. The molecule has 0 heterocycles. The molecule has 2 aromatic carbocycles. The van der Waals surface area contributed by atoms with Crippen molar-refractivity contribution in [2.75, 3.05) is 7.11 Å². The van der Waals surface area contributed by atoms with Gasteiger partial charge in [0.25, 0.3) is 0 Å². The van der Waals surface area contributed by atoms with E-state index in [0.717, 1.165) is 16.9 Å². The second kappa shape index (κ2) is 7.37. The van der Waals surface area contributed by atoms with E-state index in [9.17, 15) is 4.39 Å². The molecule has 0 aliphatic rings. The molecule has 0 aliphatic heterocycles. The molecule has 2 aromatic rings. The Morgan fingerprint density at radius 2 is 1.47 bits per heavy atom. The van der Waals surface area contributed by atoms with Gasteiger partial charge in [0, 0.05) is 0 Å². The molecule has 0 unspecified atom stereocenters. The fourth-order valence-corrected chi connectivity index (χ4v) is 1.80. The first-order valence-corrected chi connectivity index (χ1v) is 6.41. The average molecular weight is 301 g/mol. The number of aryl methyl sites for hydroxylation is 2. The van der Waals surface area contributed by atoms with E-state index in [1.807, 2.05) is 32.0 Å². The maximum Gasteiger partial charge on any atom is 0.141 e. The molecule has 0 saturated carbocycles. The summed E-state index contributed by atoms with van der Waals surface area (Å²) >= 11 is 11.2. The van der Waals surface area contributed by atoms with Crippen LogP contribution in [0.4, 0.5) is 4.39 Å². The highest BCUT2D eigenvalue weighted by atomic mass is 35.5. The van der Waals surface area contributed by atoms with Crippen molar-refractivity contribution in [2.45, 2.75) is 13.8 Å². The topological polar surface area (TPSA) is 9.23 Å². The predicted molar refractivity (Wildman–Crippen MR) is 78.9 cm³/mol. The Labute approximate surface area is 122 Å². The molecule has 0 aromatic heterocycles. The second-order valence-corrected chi connectivity index (χ2v) is 4.87. The summed E-state index contributed by atoms with van der Waals surface area (Å²) in [5.74, 6) is 0.379. The van der Waals surface area contributed by atoms with Crippen LogP contribution in [0.3, 0.4) is 0 Å². The summed E-state index contributed by atoms with van der Waals surface area (Å²) in [7, 11) is 1.61. The van der Waals surface area contributed by atoms with Crippen molar-refractivity contribution in [3.63, 3.8) is 0 Å². The van der Waals surface area contributed by atoms with Crippen molar-refractivity contribution in [1.82, 2.24) is 0 Å². The monoisotopic (exact) mass is 300 g/mol. The molecule has 0 radical (unpaired) electrons. The van der Waals surface area contributed by atoms with E-state index >= 15 is 0 Å². The maximum absolute atomic E-state index is 12.4. The smallest absolute Gasteiger partial charge is 0.141 e. The third-order valence-electron chi connectivity index (χ3n) is 2.38. The van der Waals surface area contributed by atoms with Crippen LogP contribution in [0.5, 0.6) is 5.75 Å². The third kappa shape index (κ3) is 5.09. The Hall–Kier alpha value is -1.25. The molecular weight excluding hydrogens is 286 g/mol. The summed E-state index contributed by atoms with van der Waals surface area (Å²) in [6, 6.07) is 10.3. The van der Waals surface area contributed by atoms with E-state index in [2.05, 4.69) is 0 Å². The van der Waals surface area contributed by atoms with Gasteiger partial charge in [-0.2, -0.15) is 0 Å². The fourth-order valence-electron chi connectivity index (χ4n) is 1.37. The van der Waals surface area contributed by atoms with Crippen LogP contribution in [0.25, 0.3) is 0 Å². The number of halogens is 3. The summed E-state index contributed by atoms with van der Waals surface area (Å²) in [5.41, 5.74) is 2.13. The van der Waals surface area contributed by atoms with E-state index in [-0.39, 0.29) is 10.8 Å². The lowest BCUT2D eigenvalue weighted by Crippen LogP contribution is -1.83. The molecule has 4 heteroatoms. The van der Waals surface area contributed by atoms with E-state index in [1.54, 1.807) is 19.2 Å². The van der Waals surface area contributed by atoms with Gasteiger partial charge in [0.2, 0.25) is 0 Å². The number of hydrogen-bond donors (Lipinski definition) is 0. The van der Waals surface area contributed by atoms with Gasteiger partial charge < -0.3 is 4.74 Å². The Bertz CT molecular complexity index is 556. The van der Waals surface area contributed by atoms with Crippen LogP contribution < -0.4 is 4.74 Å². The van der Waals surface area contributed by atoms with Crippen molar-refractivity contribution in [1.29, 1.82) is 0 Å². The number of benzene rings is 2. The number of hydrogen-bond acceptors (Lipinski definition) is 1. The zero-order valence-corrected chi connectivity index (χ0v) is 12.5. The number of methoxy groups -OCH3 is 1. The summed E-state index contributed by atoms with van der Waals surface area (Å²) in [6.45, 7) is 3.87. The molecular formula is C15H15Cl2FO. The first-order valence-electron chi connectivity index (χ1n) is 5.66. The van der Waals surface area contributed by atoms with Crippen molar-refractivity contribution in [2.24, 2.45) is 0 Å². The largest absolute Gasteiger partial charge is 0.495 e. The van der Waals surface area contributed by atoms with Crippen molar-refractivity contribution < 1.29 is 9.13 Å². The van der Waals surface area contributed by atoms with Gasteiger partial charge >= 0.3 is 0 Å². The first kappa shape index (κ1) is 15.8. The van der Waals surface area contributed by atoms with Crippen LogP contribution in [-0.4, -0.2) is 7.11 Å². The Balaban J connectivity index is 0.000000191. The molecule has 2 rings (SSSR count). The molecule has 0 amide bonds. The maximum atomic E-state index is 12.4. The highest BCUT2D eigenvalue weighted by molar-refractivity contribution is 6.32. The summed E-state index contributed by atoms with van der Waals surface area (Å²) in [5, 5.41) is 0.850. The normalized spacial score (nSPS) is 9.58. The average Bonchev–Trinajstić information content (AvgIpc) is 2.38. The molecule has 19 heavy (non-hydrogen) atoms. The minimum atomic E-state index is -0.359. The van der Waals surface area contributed by atoms with Crippen molar-refractivity contribution in [3.8, 4) is 5.75 Å². The van der Waals surface area contributed by atoms with Crippen LogP contribution in [0, 0.1) is 19.7 Å². The second-order valence-electron chi connectivity index (χ2n) is 4.06. The standard InChI is InChI=1S/C8H9ClO.C7H6ClF/c1-6-3-4-7(9)8(5-6)10-2;1-5-2-3-7(9)6(8)4-5/h3-5H,1-2H3;2-4H,1H3. The van der Waals surface area contributed by atoms with Crippen LogP contribution in [-0.2, 0) is 0 Å². The minimum absolute atomic E-state index is 0.190. The van der Waals surface area contributed by atoms with Gasteiger partial charge in [-0.3, -0.25) is 0 Å².